The normalized spacial score (nSPS) is 22.2. The SMILES string of the molecule is CNC(=O)c1ccc(C)c(NC(=O)C2CC23CCNCC3)c1. The van der Waals surface area contributed by atoms with E-state index < -0.39 is 0 Å². The molecule has 1 atom stereocenters. The number of anilines is 1. The van der Waals surface area contributed by atoms with Crippen LogP contribution in [0.5, 0.6) is 0 Å². The lowest BCUT2D eigenvalue weighted by atomic mass is 9.91. The summed E-state index contributed by atoms with van der Waals surface area (Å²) in [6.45, 7) is 3.96. The van der Waals surface area contributed by atoms with Gasteiger partial charge in [0.25, 0.3) is 5.91 Å². The highest BCUT2D eigenvalue weighted by Gasteiger charge is 2.57. The maximum Gasteiger partial charge on any atom is 0.251 e. The van der Waals surface area contributed by atoms with Crippen LogP contribution in [0.4, 0.5) is 5.69 Å². The second-order valence-electron chi connectivity index (χ2n) is 6.47. The van der Waals surface area contributed by atoms with E-state index in [0.29, 0.717) is 5.56 Å². The van der Waals surface area contributed by atoms with Gasteiger partial charge in [0.05, 0.1) is 0 Å². The van der Waals surface area contributed by atoms with Crippen molar-refractivity contribution in [3.05, 3.63) is 29.3 Å². The van der Waals surface area contributed by atoms with E-state index in [1.54, 1.807) is 19.2 Å². The van der Waals surface area contributed by atoms with Gasteiger partial charge in [0, 0.05) is 24.2 Å². The van der Waals surface area contributed by atoms with Gasteiger partial charge in [0.2, 0.25) is 5.91 Å². The first-order valence-corrected chi connectivity index (χ1v) is 7.90. The summed E-state index contributed by atoms with van der Waals surface area (Å²) in [4.78, 5) is 24.2. The Bertz CT molecular complexity index is 606. The number of nitrogens with one attached hydrogen (secondary N) is 3. The summed E-state index contributed by atoms with van der Waals surface area (Å²) in [7, 11) is 1.60. The molecule has 1 aliphatic heterocycles. The first kappa shape index (κ1) is 15.0. The minimum atomic E-state index is -0.142. The quantitative estimate of drug-likeness (QED) is 0.795. The highest BCUT2D eigenvalue weighted by atomic mass is 16.2. The van der Waals surface area contributed by atoms with E-state index in [4.69, 9.17) is 0 Å². The smallest absolute Gasteiger partial charge is 0.251 e. The number of hydrogen-bond acceptors (Lipinski definition) is 3. The third-order valence-corrected chi connectivity index (χ3v) is 5.09. The Morgan fingerprint density at radius 3 is 2.68 bits per heavy atom. The zero-order valence-electron chi connectivity index (χ0n) is 13.2. The molecular formula is C17H23N3O2. The van der Waals surface area contributed by atoms with E-state index in [1.165, 1.54) is 0 Å². The van der Waals surface area contributed by atoms with Crippen molar-refractivity contribution in [2.75, 3.05) is 25.5 Å². The zero-order valence-corrected chi connectivity index (χ0v) is 13.2. The lowest BCUT2D eigenvalue weighted by Crippen LogP contribution is -2.31. The van der Waals surface area contributed by atoms with Crippen molar-refractivity contribution in [2.24, 2.45) is 11.3 Å². The van der Waals surface area contributed by atoms with Crippen LogP contribution < -0.4 is 16.0 Å². The van der Waals surface area contributed by atoms with Crippen molar-refractivity contribution in [1.82, 2.24) is 10.6 Å². The molecule has 1 spiro atoms. The number of amides is 2. The summed E-state index contributed by atoms with van der Waals surface area (Å²) >= 11 is 0. The van der Waals surface area contributed by atoms with Crippen LogP contribution in [0.3, 0.4) is 0 Å². The molecule has 118 valence electrons. The fourth-order valence-corrected chi connectivity index (χ4v) is 3.46. The van der Waals surface area contributed by atoms with Gasteiger partial charge in [-0.1, -0.05) is 6.07 Å². The second kappa shape index (κ2) is 5.72. The molecule has 2 fully saturated rings. The highest BCUT2D eigenvalue weighted by molar-refractivity contribution is 5.99. The van der Waals surface area contributed by atoms with Crippen LogP contribution in [0.2, 0.25) is 0 Å². The van der Waals surface area contributed by atoms with Crippen LogP contribution in [-0.2, 0) is 4.79 Å². The Balaban J connectivity index is 1.70. The first-order valence-electron chi connectivity index (χ1n) is 7.90. The summed E-state index contributed by atoms with van der Waals surface area (Å²) in [6.07, 6.45) is 3.17. The predicted octanol–water partition coefficient (Wildman–Crippen LogP) is 1.68. The van der Waals surface area contributed by atoms with Gasteiger partial charge in [-0.3, -0.25) is 9.59 Å². The molecule has 1 aliphatic carbocycles. The Morgan fingerprint density at radius 1 is 1.27 bits per heavy atom. The van der Waals surface area contributed by atoms with Crippen LogP contribution in [0.25, 0.3) is 0 Å². The molecular weight excluding hydrogens is 278 g/mol. The molecule has 0 bridgehead atoms. The second-order valence-corrected chi connectivity index (χ2v) is 6.47. The van der Waals surface area contributed by atoms with Crippen LogP contribution in [0.1, 0.15) is 35.2 Å². The largest absolute Gasteiger partial charge is 0.355 e. The zero-order chi connectivity index (χ0) is 15.7. The van der Waals surface area contributed by atoms with Crippen LogP contribution >= 0.6 is 0 Å². The number of aryl methyl sites for hydroxylation is 1. The Labute approximate surface area is 130 Å². The van der Waals surface area contributed by atoms with Crippen molar-refractivity contribution >= 4 is 17.5 Å². The van der Waals surface area contributed by atoms with Crippen molar-refractivity contribution in [1.29, 1.82) is 0 Å². The average Bonchev–Trinajstić information content (AvgIpc) is 3.22. The van der Waals surface area contributed by atoms with Gasteiger partial charge in [0.15, 0.2) is 0 Å². The van der Waals surface area contributed by atoms with Gasteiger partial charge in [-0.05, 0) is 62.4 Å². The van der Waals surface area contributed by atoms with E-state index in [0.717, 1.165) is 43.6 Å². The average molecular weight is 301 g/mol. The Hall–Kier alpha value is -1.88. The maximum absolute atomic E-state index is 12.5. The molecule has 3 N–H and O–H groups in total. The lowest BCUT2D eigenvalue weighted by Gasteiger charge is -2.23. The summed E-state index contributed by atoms with van der Waals surface area (Å²) in [5.74, 6) is 0.0773. The minimum Gasteiger partial charge on any atom is -0.355 e. The number of carbonyl (C=O) groups excluding carboxylic acids is 2. The third kappa shape index (κ3) is 2.73. The fourth-order valence-electron chi connectivity index (χ4n) is 3.46. The first-order chi connectivity index (χ1) is 10.6. The van der Waals surface area contributed by atoms with E-state index in [1.807, 2.05) is 13.0 Å². The molecule has 22 heavy (non-hydrogen) atoms. The van der Waals surface area contributed by atoms with E-state index in [2.05, 4.69) is 16.0 Å². The van der Waals surface area contributed by atoms with E-state index >= 15 is 0 Å². The standard InChI is InChI=1S/C17H23N3O2/c1-11-3-4-12(15(21)18-2)9-14(11)20-16(22)13-10-17(13)5-7-19-8-6-17/h3-4,9,13,19H,5-8,10H2,1-2H3,(H,18,21)(H,20,22). The molecule has 2 aliphatic rings. The van der Waals surface area contributed by atoms with Crippen LogP contribution in [0, 0.1) is 18.3 Å². The number of benzene rings is 1. The molecule has 5 heteroatoms. The van der Waals surface area contributed by atoms with Gasteiger partial charge in [-0.25, -0.2) is 0 Å². The van der Waals surface area contributed by atoms with Gasteiger partial charge < -0.3 is 16.0 Å². The summed E-state index contributed by atoms with van der Waals surface area (Å²) in [5.41, 5.74) is 2.50. The summed E-state index contributed by atoms with van der Waals surface area (Å²) < 4.78 is 0. The lowest BCUT2D eigenvalue weighted by molar-refractivity contribution is -0.118. The molecule has 2 amide bonds. The van der Waals surface area contributed by atoms with Gasteiger partial charge >= 0.3 is 0 Å². The molecule has 1 aromatic carbocycles. The van der Waals surface area contributed by atoms with Gasteiger partial charge in [0.1, 0.15) is 0 Å². The minimum absolute atomic E-state index is 0.0963. The topological polar surface area (TPSA) is 70.2 Å². The number of carbonyl (C=O) groups is 2. The van der Waals surface area contributed by atoms with Crippen molar-refractivity contribution in [3.8, 4) is 0 Å². The molecule has 1 saturated heterocycles. The number of piperidine rings is 1. The van der Waals surface area contributed by atoms with Crippen molar-refractivity contribution in [3.63, 3.8) is 0 Å². The molecule has 5 nitrogen and oxygen atoms in total. The molecule has 1 unspecified atom stereocenters. The molecule has 0 aromatic heterocycles. The summed E-state index contributed by atoms with van der Waals surface area (Å²) in [6, 6.07) is 5.40. The predicted molar refractivity (Wildman–Crippen MR) is 85.8 cm³/mol. The fraction of sp³-hybridized carbons (Fsp3) is 0.529. The molecule has 3 rings (SSSR count). The maximum atomic E-state index is 12.5. The summed E-state index contributed by atoms with van der Waals surface area (Å²) in [5, 5.41) is 8.98. The van der Waals surface area contributed by atoms with Gasteiger partial charge in [-0.15, -0.1) is 0 Å². The van der Waals surface area contributed by atoms with Crippen molar-refractivity contribution < 1.29 is 9.59 Å². The number of hydrogen-bond donors (Lipinski definition) is 3. The molecule has 1 heterocycles. The van der Waals surface area contributed by atoms with E-state index in [9.17, 15) is 9.59 Å². The molecule has 0 radical (unpaired) electrons. The van der Waals surface area contributed by atoms with Crippen LogP contribution in [-0.4, -0.2) is 32.0 Å². The molecule has 1 saturated carbocycles. The molecule has 1 aromatic rings. The van der Waals surface area contributed by atoms with Crippen molar-refractivity contribution in [2.45, 2.75) is 26.2 Å². The highest BCUT2D eigenvalue weighted by Crippen LogP contribution is 2.58. The number of rotatable bonds is 3. The van der Waals surface area contributed by atoms with E-state index in [-0.39, 0.29) is 23.1 Å². The van der Waals surface area contributed by atoms with Gasteiger partial charge in [-0.2, -0.15) is 0 Å². The Kier molecular flexibility index (Phi) is 3.91. The third-order valence-electron chi connectivity index (χ3n) is 5.09. The monoisotopic (exact) mass is 301 g/mol. The Morgan fingerprint density at radius 2 is 2.00 bits per heavy atom. The van der Waals surface area contributed by atoms with Crippen LogP contribution in [0.15, 0.2) is 18.2 Å².